The molecular weight excluding hydrogens is 156 g/mol. The summed E-state index contributed by atoms with van der Waals surface area (Å²) in [6.45, 7) is 14.6. The van der Waals surface area contributed by atoms with Crippen LogP contribution in [0.5, 0.6) is 0 Å². The number of hydrogen-bond donors (Lipinski definition) is 0. The second-order valence-electron chi connectivity index (χ2n) is 6.87. The van der Waals surface area contributed by atoms with Crippen LogP contribution in [-0.2, 0) is 0 Å². The summed E-state index contributed by atoms with van der Waals surface area (Å²) in [6, 6.07) is 0. The van der Waals surface area contributed by atoms with Crippen LogP contribution in [0.15, 0.2) is 0 Å². The van der Waals surface area contributed by atoms with E-state index in [1.807, 2.05) is 0 Å². The Labute approximate surface area is 83.1 Å². The Balaban J connectivity index is 2.10. The summed E-state index contributed by atoms with van der Waals surface area (Å²) >= 11 is 0. The quantitative estimate of drug-likeness (QED) is 0.600. The Kier molecular flexibility index (Phi) is 1.58. The fraction of sp³-hybridized carbons (Fsp3) is 1.00. The lowest BCUT2D eigenvalue weighted by atomic mass is 9.71. The smallest absolute Gasteiger partial charge is 0.0227 e. The summed E-state index contributed by atoms with van der Waals surface area (Å²) in [5.74, 6) is 1.97. The van der Waals surface area contributed by atoms with Crippen LogP contribution in [0.25, 0.3) is 0 Å². The number of fused-ring (bicyclic) bond motifs is 1. The van der Waals surface area contributed by atoms with Crippen LogP contribution in [0.4, 0.5) is 0 Å². The summed E-state index contributed by atoms with van der Waals surface area (Å²) in [4.78, 5) is 0. The minimum Gasteiger partial charge on any atom is -0.0651 e. The molecule has 0 saturated heterocycles. The van der Waals surface area contributed by atoms with Crippen molar-refractivity contribution < 1.29 is 0 Å². The third-order valence-corrected chi connectivity index (χ3v) is 5.16. The molecular formula is C13H24. The molecule has 0 aliphatic heterocycles. The minimum atomic E-state index is 0.513. The van der Waals surface area contributed by atoms with Gasteiger partial charge in [-0.25, -0.2) is 0 Å². The van der Waals surface area contributed by atoms with Gasteiger partial charge in [-0.05, 0) is 34.5 Å². The molecule has 2 aliphatic rings. The van der Waals surface area contributed by atoms with Crippen molar-refractivity contribution in [1.29, 1.82) is 0 Å². The second kappa shape index (κ2) is 2.15. The van der Waals surface area contributed by atoms with Crippen molar-refractivity contribution in [3.05, 3.63) is 0 Å². The van der Waals surface area contributed by atoms with Crippen LogP contribution < -0.4 is 0 Å². The first kappa shape index (κ1) is 9.55. The molecule has 0 aromatic carbocycles. The molecule has 0 nitrogen and oxygen atoms in total. The van der Waals surface area contributed by atoms with Crippen molar-refractivity contribution in [2.24, 2.45) is 28.1 Å². The first-order chi connectivity index (χ1) is 5.77. The van der Waals surface area contributed by atoms with Crippen LogP contribution in [0.1, 0.15) is 54.4 Å². The monoisotopic (exact) mass is 180 g/mol. The molecule has 0 spiro atoms. The lowest BCUT2D eigenvalue weighted by Crippen LogP contribution is -2.26. The van der Waals surface area contributed by atoms with Gasteiger partial charge >= 0.3 is 0 Å². The van der Waals surface area contributed by atoms with Crippen molar-refractivity contribution >= 4 is 0 Å². The van der Waals surface area contributed by atoms with E-state index in [0.29, 0.717) is 5.41 Å². The van der Waals surface area contributed by atoms with E-state index in [0.717, 1.165) is 22.7 Å². The summed E-state index contributed by atoms with van der Waals surface area (Å²) in [6.07, 6.45) is 2.86. The van der Waals surface area contributed by atoms with Crippen LogP contribution in [0.2, 0.25) is 0 Å². The highest BCUT2D eigenvalue weighted by atomic mass is 14.9. The maximum Gasteiger partial charge on any atom is -0.0227 e. The lowest BCUT2D eigenvalue weighted by Gasteiger charge is -2.34. The summed E-state index contributed by atoms with van der Waals surface area (Å²) < 4.78 is 0. The van der Waals surface area contributed by atoms with Gasteiger partial charge in [-0.1, -0.05) is 48.0 Å². The van der Waals surface area contributed by atoms with Gasteiger partial charge in [0.05, 0.1) is 0 Å². The Morgan fingerprint density at radius 1 is 1.23 bits per heavy atom. The van der Waals surface area contributed by atoms with Gasteiger partial charge in [0.1, 0.15) is 0 Å². The Bertz CT molecular complexity index is 221. The van der Waals surface area contributed by atoms with E-state index >= 15 is 0 Å². The zero-order valence-electron chi connectivity index (χ0n) is 10.1. The zero-order valence-corrected chi connectivity index (χ0v) is 10.1. The summed E-state index contributed by atoms with van der Waals surface area (Å²) in [7, 11) is 0. The molecule has 76 valence electrons. The highest BCUT2D eigenvalue weighted by Gasteiger charge is 2.86. The normalized spacial score (nSPS) is 49.8. The van der Waals surface area contributed by atoms with E-state index in [4.69, 9.17) is 0 Å². The van der Waals surface area contributed by atoms with Crippen molar-refractivity contribution in [1.82, 2.24) is 0 Å². The molecule has 2 fully saturated rings. The highest BCUT2D eigenvalue weighted by Crippen LogP contribution is 2.92. The SMILES string of the molecule is CCC(C1C2(C)CC12C)C(C)(C)C. The van der Waals surface area contributed by atoms with Crippen molar-refractivity contribution in [3.63, 3.8) is 0 Å². The molecule has 0 heterocycles. The Hall–Kier alpha value is 0. The van der Waals surface area contributed by atoms with E-state index < -0.39 is 0 Å². The van der Waals surface area contributed by atoms with Gasteiger partial charge in [-0.2, -0.15) is 0 Å². The molecule has 0 aromatic rings. The van der Waals surface area contributed by atoms with Crippen LogP contribution in [0.3, 0.4) is 0 Å². The third kappa shape index (κ3) is 0.980. The largest absolute Gasteiger partial charge is 0.0651 e. The van der Waals surface area contributed by atoms with Gasteiger partial charge in [-0.15, -0.1) is 0 Å². The molecule has 0 heteroatoms. The van der Waals surface area contributed by atoms with Crippen molar-refractivity contribution in [2.45, 2.75) is 54.4 Å². The molecule has 0 N–H and O–H groups in total. The fourth-order valence-electron chi connectivity index (χ4n) is 4.04. The topological polar surface area (TPSA) is 0 Å². The average Bonchev–Trinajstić information content (AvgIpc) is 2.63. The van der Waals surface area contributed by atoms with Crippen molar-refractivity contribution in [3.8, 4) is 0 Å². The summed E-state index contributed by atoms with van der Waals surface area (Å²) in [5, 5.41) is 0. The molecule has 0 aromatic heterocycles. The Morgan fingerprint density at radius 3 is 1.77 bits per heavy atom. The molecule has 3 unspecified atom stereocenters. The molecule has 0 amide bonds. The predicted molar refractivity (Wildman–Crippen MR) is 57.6 cm³/mol. The Morgan fingerprint density at radius 2 is 1.69 bits per heavy atom. The standard InChI is InChI=1S/C13H24/c1-7-9(11(2,3)4)10-12(5)8-13(10,12)6/h9-10H,7-8H2,1-6H3. The van der Waals surface area contributed by atoms with E-state index in [9.17, 15) is 0 Å². The van der Waals surface area contributed by atoms with Crippen LogP contribution in [0, 0.1) is 28.1 Å². The molecule has 0 bridgehead atoms. The fourth-order valence-corrected chi connectivity index (χ4v) is 4.04. The van der Waals surface area contributed by atoms with Crippen LogP contribution >= 0.6 is 0 Å². The molecule has 2 aliphatic carbocycles. The van der Waals surface area contributed by atoms with Gasteiger partial charge in [-0.3, -0.25) is 0 Å². The molecule has 2 rings (SSSR count). The van der Waals surface area contributed by atoms with Gasteiger partial charge < -0.3 is 0 Å². The summed E-state index contributed by atoms with van der Waals surface area (Å²) in [5.41, 5.74) is 2.01. The maximum absolute atomic E-state index is 2.49. The van der Waals surface area contributed by atoms with Crippen LogP contribution in [-0.4, -0.2) is 0 Å². The maximum atomic E-state index is 2.49. The minimum absolute atomic E-state index is 0.513. The van der Waals surface area contributed by atoms with E-state index in [1.165, 1.54) is 12.8 Å². The van der Waals surface area contributed by atoms with Gasteiger partial charge in [0.15, 0.2) is 0 Å². The number of rotatable bonds is 2. The lowest BCUT2D eigenvalue weighted by molar-refractivity contribution is 0.150. The second-order valence-corrected chi connectivity index (χ2v) is 6.87. The third-order valence-electron chi connectivity index (χ3n) is 5.16. The first-order valence-corrected chi connectivity index (χ1v) is 5.77. The first-order valence-electron chi connectivity index (χ1n) is 5.77. The predicted octanol–water partition coefficient (Wildman–Crippen LogP) is 4.10. The van der Waals surface area contributed by atoms with Crippen molar-refractivity contribution in [2.75, 3.05) is 0 Å². The van der Waals surface area contributed by atoms with Gasteiger partial charge in [0.2, 0.25) is 0 Å². The molecule has 3 atom stereocenters. The van der Waals surface area contributed by atoms with Gasteiger partial charge in [0, 0.05) is 0 Å². The molecule has 13 heavy (non-hydrogen) atoms. The van der Waals surface area contributed by atoms with E-state index in [-0.39, 0.29) is 0 Å². The van der Waals surface area contributed by atoms with Gasteiger partial charge in [0.25, 0.3) is 0 Å². The average molecular weight is 180 g/mol. The van der Waals surface area contributed by atoms with E-state index in [1.54, 1.807) is 0 Å². The zero-order chi connectivity index (χ0) is 10.1. The molecule has 2 saturated carbocycles. The number of hydrogen-bond acceptors (Lipinski definition) is 0. The molecule has 0 radical (unpaired) electrons. The highest BCUT2D eigenvalue weighted by molar-refractivity contribution is 5.34. The van der Waals surface area contributed by atoms with E-state index in [2.05, 4.69) is 41.5 Å².